The lowest BCUT2D eigenvalue weighted by atomic mass is 9.87. The molecule has 0 aromatic rings. The zero-order chi connectivity index (χ0) is 12.9. The molecule has 0 fully saturated rings. The predicted octanol–water partition coefficient (Wildman–Crippen LogP) is -2.55. The zero-order valence-corrected chi connectivity index (χ0v) is 8.52. The molecule has 7 nitrogen and oxygen atoms in total. The number of hydrogen-bond donors (Lipinski definition) is 6. The number of carboxylic acid groups (broad SMARTS) is 1. The standard InChI is InChI=1S/C9H16O7/c1-2-3-9(16,8(14)15)7(13)6(12)5(11)4-10/h2,5-7,10-13,16H,1,3-4H2,(H,14,15). The molecule has 0 bridgehead atoms. The Kier molecular flexibility index (Phi) is 5.56. The van der Waals surface area contributed by atoms with E-state index in [4.69, 9.17) is 15.3 Å². The van der Waals surface area contributed by atoms with Gasteiger partial charge in [-0.1, -0.05) is 6.08 Å². The van der Waals surface area contributed by atoms with Gasteiger partial charge in [0.05, 0.1) is 6.61 Å². The second-order valence-corrected chi connectivity index (χ2v) is 3.41. The summed E-state index contributed by atoms with van der Waals surface area (Å²) in [5, 5.41) is 54.6. The highest BCUT2D eigenvalue weighted by Gasteiger charge is 2.47. The van der Waals surface area contributed by atoms with E-state index in [0.717, 1.165) is 6.08 Å². The molecule has 0 aromatic heterocycles. The lowest BCUT2D eigenvalue weighted by Crippen LogP contribution is -2.57. The molecule has 0 aliphatic heterocycles. The quantitative estimate of drug-likeness (QED) is 0.267. The Morgan fingerprint density at radius 1 is 1.38 bits per heavy atom. The van der Waals surface area contributed by atoms with Gasteiger partial charge in [-0.2, -0.15) is 0 Å². The van der Waals surface area contributed by atoms with Gasteiger partial charge in [-0.3, -0.25) is 0 Å². The summed E-state index contributed by atoms with van der Waals surface area (Å²) in [6.07, 6.45) is -5.34. The van der Waals surface area contributed by atoms with Crippen LogP contribution >= 0.6 is 0 Å². The lowest BCUT2D eigenvalue weighted by Gasteiger charge is -2.32. The van der Waals surface area contributed by atoms with Crippen molar-refractivity contribution in [2.75, 3.05) is 6.61 Å². The number of aliphatic carboxylic acids is 1. The molecule has 0 heterocycles. The third kappa shape index (κ3) is 3.00. The molecule has 0 aromatic carbocycles. The molecule has 16 heavy (non-hydrogen) atoms. The Balaban J connectivity index is 4.93. The highest BCUT2D eigenvalue weighted by molar-refractivity contribution is 5.78. The van der Waals surface area contributed by atoms with E-state index >= 15 is 0 Å². The molecule has 6 N–H and O–H groups in total. The van der Waals surface area contributed by atoms with Crippen LogP contribution in [0.3, 0.4) is 0 Å². The fraction of sp³-hybridized carbons (Fsp3) is 0.667. The second kappa shape index (κ2) is 5.92. The van der Waals surface area contributed by atoms with Crippen LogP contribution in [0.1, 0.15) is 6.42 Å². The molecule has 94 valence electrons. The molecule has 0 radical (unpaired) electrons. The Labute approximate surface area is 91.9 Å². The number of carbonyl (C=O) groups is 1. The monoisotopic (exact) mass is 236 g/mol. The maximum atomic E-state index is 10.8. The largest absolute Gasteiger partial charge is 0.479 e. The Hall–Kier alpha value is -0.990. The highest BCUT2D eigenvalue weighted by atomic mass is 16.4. The summed E-state index contributed by atoms with van der Waals surface area (Å²) >= 11 is 0. The first kappa shape index (κ1) is 15.0. The summed E-state index contributed by atoms with van der Waals surface area (Å²) < 4.78 is 0. The van der Waals surface area contributed by atoms with Crippen molar-refractivity contribution in [2.45, 2.75) is 30.3 Å². The molecule has 0 amide bonds. The summed E-state index contributed by atoms with van der Waals surface area (Å²) in [5.74, 6) is -1.76. The highest BCUT2D eigenvalue weighted by Crippen LogP contribution is 2.21. The van der Waals surface area contributed by atoms with Gasteiger partial charge in [-0.05, 0) is 0 Å². The number of rotatable bonds is 7. The second-order valence-electron chi connectivity index (χ2n) is 3.41. The van der Waals surface area contributed by atoms with Crippen molar-refractivity contribution in [1.82, 2.24) is 0 Å². The molecular formula is C9H16O7. The van der Waals surface area contributed by atoms with Crippen LogP contribution in [0.5, 0.6) is 0 Å². The van der Waals surface area contributed by atoms with Gasteiger partial charge >= 0.3 is 5.97 Å². The Morgan fingerprint density at radius 3 is 2.19 bits per heavy atom. The first-order valence-corrected chi connectivity index (χ1v) is 4.53. The molecule has 0 spiro atoms. The van der Waals surface area contributed by atoms with Crippen LogP contribution in [0.25, 0.3) is 0 Å². The molecule has 0 aliphatic carbocycles. The average Bonchev–Trinajstić information content (AvgIpc) is 2.25. The van der Waals surface area contributed by atoms with E-state index < -0.39 is 42.9 Å². The minimum atomic E-state index is -2.66. The number of carboxylic acids is 1. The van der Waals surface area contributed by atoms with Gasteiger partial charge in [0.2, 0.25) is 0 Å². The van der Waals surface area contributed by atoms with Gasteiger partial charge in [0.1, 0.15) is 18.3 Å². The number of aliphatic hydroxyl groups is 5. The maximum Gasteiger partial charge on any atom is 0.338 e. The summed E-state index contributed by atoms with van der Waals surface area (Å²) in [7, 11) is 0. The average molecular weight is 236 g/mol. The van der Waals surface area contributed by atoms with Crippen molar-refractivity contribution in [2.24, 2.45) is 0 Å². The molecule has 0 saturated heterocycles. The van der Waals surface area contributed by atoms with E-state index in [9.17, 15) is 20.1 Å². The van der Waals surface area contributed by atoms with Crippen LogP contribution in [0, 0.1) is 0 Å². The molecule has 4 unspecified atom stereocenters. The normalized spacial score (nSPS) is 20.6. The summed E-state index contributed by atoms with van der Waals surface area (Å²) in [6.45, 7) is 2.33. The van der Waals surface area contributed by atoms with Crippen LogP contribution in [0.2, 0.25) is 0 Å². The van der Waals surface area contributed by atoms with Crippen LogP contribution in [0.15, 0.2) is 12.7 Å². The summed E-state index contributed by atoms with van der Waals surface area (Å²) in [5.41, 5.74) is -2.66. The van der Waals surface area contributed by atoms with E-state index in [-0.39, 0.29) is 0 Å². The SMILES string of the molecule is C=CCC(O)(C(=O)O)C(O)C(O)C(O)CO. The van der Waals surface area contributed by atoms with Crippen LogP contribution in [-0.4, -0.2) is 67.1 Å². The van der Waals surface area contributed by atoms with Crippen molar-refractivity contribution < 1.29 is 35.4 Å². The lowest BCUT2D eigenvalue weighted by molar-refractivity contribution is -0.190. The molecule has 7 heteroatoms. The van der Waals surface area contributed by atoms with E-state index in [1.165, 1.54) is 0 Å². The molecule has 0 rings (SSSR count). The smallest absolute Gasteiger partial charge is 0.338 e. The van der Waals surface area contributed by atoms with Gasteiger partial charge in [0.25, 0.3) is 0 Å². The third-order valence-electron chi connectivity index (χ3n) is 2.22. The zero-order valence-electron chi connectivity index (χ0n) is 8.52. The molecular weight excluding hydrogens is 220 g/mol. The fourth-order valence-corrected chi connectivity index (χ4v) is 1.16. The fourth-order valence-electron chi connectivity index (χ4n) is 1.16. The Bertz CT molecular complexity index is 254. The van der Waals surface area contributed by atoms with Crippen molar-refractivity contribution in [1.29, 1.82) is 0 Å². The third-order valence-corrected chi connectivity index (χ3v) is 2.22. The van der Waals surface area contributed by atoms with Gasteiger partial charge in [0.15, 0.2) is 5.60 Å². The van der Waals surface area contributed by atoms with E-state index in [1.54, 1.807) is 0 Å². The first-order chi connectivity index (χ1) is 7.31. The van der Waals surface area contributed by atoms with Crippen LogP contribution < -0.4 is 0 Å². The van der Waals surface area contributed by atoms with Gasteiger partial charge in [-0.25, -0.2) is 4.79 Å². The molecule has 0 aliphatic rings. The first-order valence-electron chi connectivity index (χ1n) is 4.53. The van der Waals surface area contributed by atoms with Crippen molar-refractivity contribution in [3.63, 3.8) is 0 Å². The minimum absolute atomic E-state index is 0.515. The number of aliphatic hydroxyl groups excluding tert-OH is 4. The molecule has 4 atom stereocenters. The van der Waals surface area contributed by atoms with E-state index in [0.29, 0.717) is 0 Å². The number of hydrogen-bond acceptors (Lipinski definition) is 6. The van der Waals surface area contributed by atoms with Gasteiger partial charge < -0.3 is 30.6 Å². The van der Waals surface area contributed by atoms with Crippen LogP contribution in [-0.2, 0) is 4.79 Å². The minimum Gasteiger partial charge on any atom is -0.479 e. The summed E-state index contributed by atoms with van der Waals surface area (Å²) in [6, 6.07) is 0. The van der Waals surface area contributed by atoms with Crippen molar-refractivity contribution in [3.8, 4) is 0 Å². The summed E-state index contributed by atoms with van der Waals surface area (Å²) in [4.78, 5) is 10.8. The van der Waals surface area contributed by atoms with E-state index in [1.807, 2.05) is 0 Å². The van der Waals surface area contributed by atoms with Gasteiger partial charge in [0, 0.05) is 6.42 Å². The van der Waals surface area contributed by atoms with Crippen LogP contribution in [0.4, 0.5) is 0 Å². The van der Waals surface area contributed by atoms with Gasteiger partial charge in [-0.15, -0.1) is 6.58 Å². The van der Waals surface area contributed by atoms with Crippen molar-refractivity contribution in [3.05, 3.63) is 12.7 Å². The Morgan fingerprint density at radius 2 is 1.88 bits per heavy atom. The van der Waals surface area contributed by atoms with Crippen molar-refractivity contribution >= 4 is 5.97 Å². The molecule has 0 saturated carbocycles. The van der Waals surface area contributed by atoms with E-state index in [2.05, 4.69) is 6.58 Å². The predicted molar refractivity (Wildman–Crippen MR) is 52.5 cm³/mol. The topological polar surface area (TPSA) is 138 Å². The maximum absolute atomic E-state index is 10.8.